The Labute approximate surface area is 114 Å². The maximum absolute atomic E-state index is 10.7. The van der Waals surface area contributed by atoms with Gasteiger partial charge in [-0.15, -0.1) is 0 Å². The summed E-state index contributed by atoms with van der Waals surface area (Å²) in [5.74, 6) is 0. The summed E-state index contributed by atoms with van der Waals surface area (Å²) in [6.45, 7) is 9.45. The zero-order valence-corrected chi connectivity index (χ0v) is 11.6. The largest absolute Gasteiger partial charge is 0.369 e. The summed E-state index contributed by atoms with van der Waals surface area (Å²) < 4.78 is 0. The van der Waals surface area contributed by atoms with Crippen LogP contribution < -0.4 is 4.90 Å². The molecule has 5 nitrogen and oxygen atoms in total. The van der Waals surface area contributed by atoms with Crippen LogP contribution in [0.3, 0.4) is 0 Å². The standard InChI is InChI=1S/C14H21N3O2/c1-3-6-15-7-9-16(10-8-15)14-5-4-13(17(18)19)11-12(14)2/h4-5,11H,3,6-10H2,1-2H3. The number of non-ortho nitro benzene ring substituents is 1. The van der Waals surface area contributed by atoms with Crippen LogP contribution in [0.5, 0.6) is 0 Å². The van der Waals surface area contributed by atoms with E-state index in [1.54, 1.807) is 12.1 Å². The molecule has 1 aliphatic heterocycles. The van der Waals surface area contributed by atoms with Gasteiger partial charge in [0.15, 0.2) is 0 Å². The fraction of sp³-hybridized carbons (Fsp3) is 0.571. The van der Waals surface area contributed by atoms with Crippen LogP contribution >= 0.6 is 0 Å². The number of piperazine rings is 1. The molecule has 1 aromatic carbocycles. The van der Waals surface area contributed by atoms with Crippen molar-refractivity contribution < 1.29 is 4.92 Å². The Balaban J connectivity index is 2.05. The molecule has 1 aliphatic rings. The Hall–Kier alpha value is -1.62. The highest BCUT2D eigenvalue weighted by atomic mass is 16.6. The summed E-state index contributed by atoms with van der Waals surface area (Å²) in [5, 5.41) is 10.7. The molecule has 19 heavy (non-hydrogen) atoms. The zero-order valence-electron chi connectivity index (χ0n) is 11.6. The maximum atomic E-state index is 10.7. The highest BCUT2D eigenvalue weighted by molar-refractivity contribution is 5.57. The Morgan fingerprint density at radius 2 is 1.95 bits per heavy atom. The van der Waals surface area contributed by atoms with Gasteiger partial charge >= 0.3 is 0 Å². The van der Waals surface area contributed by atoms with E-state index < -0.39 is 0 Å². The molecule has 1 fully saturated rings. The van der Waals surface area contributed by atoms with Gasteiger partial charge in [0.1, 0.15) is 0 Å². The minimum Gasteiger partial charge on any atom is -0.369 e. The third kappa shape index (κ3) is 3.23. The molecule has 0 aliphatic carbocycles. The van der Waals surface area contributed by atoms with Crippen molar-refractivity contribution >= 4 is 11.4 Å². The van der Waals surface area contributed by atoms with Gasteiger partial charge in [0, 0.05) is 44.0 Å². The van der Waals surface area contributed by atoms with Gasteiger partial charge in [-0.25, -0.2) is 0 Å². The van der Waals surface area contributed by atoms with Crippen LogP contribution in [0.1, 0.15) is 18.9 Å². The van der Waals surface area contributed by atoms with Crippen molar-refractivity contribution in [2.75, 3.05) is 37.6 Å². The van der Waals surface area contributed by atoms with E-state index in [4.69, 9.17) is 0 Å². The molecule has 0 aromatic heterocycles. The second-order valence-corrected chi connectivity index (χ2v) is 5.06. The predicted octanol–water partition coefficient (Wildman–Crippen LogP) is 2.44. The third-order valence-corrected chi connectivity index (χ3v) is 3.64. The number of hydrogen-bond acceptors (Lipinski definition) is 4. The second-order valence-electron chi connectivity index (χ2n) is 5.06. The fourth-order valence-electron chi connectivity index (χ4n) is 2.64. The molecule has 0 atom stereocenters. The topological polar surface area (TPSA) is 49.6 Å². The molecular weight excluding hydrogens is 242 g/mol. The van der Waals surface area contributed by atoms with Crippen LogP contribution in [0.25, 0.3) is 0 Å². The van der Waals surface area contributed by atoms with Crippen LogP contribution in [0.2, 0.25) is 0 Å². The number of nitro benzene ring substituents is 1. The first-order chi connectivity index (χ1) is 9.11. The summed E-state index contributed by atoms with van der Waals surface area (Å²) in [5.41, 5.74) is 2.28. The minimum absolute atomic E-state index is 0.172. The van der Waals surface area contributed by atoms with Gasteiger partial charge < -0.3 is 4.90 Å². The fourth-order valence-corrected chi connectivity index (χ4v) is 2.64. The molecule has 0 bridgehead atoms. The summed E-state index contributed by atoms with van der Waals surface area (Å²) in [4.78, 5) is 15.2. The Morgan fingerprint density at radius 1 is 1.26 bits per heavy atom. The van der Waals surface area contributed by atoms with Crippen LogP contribution in [0.15, 0.2) is 18.2 Å². The van der Waals surface area contributed by atoms with Gasteiger partial charge in [-0.1, -0.05) is 6.92 Å². The number of nitro groups is 1. The predicted molar refractivity (Wildman–Crippen MR) is 76.8 cm³/mol. The Kier molecular flexibility index (Phi) is 4.37. The number of benzene rings is 1. The average Bonchev–Trinajstić information content (AvgIpc) is 2.40. The van der Waals surface area contributed by atoms with Crippen molar-refractivity contribution in [1.29, 1.82) is 0 Å². The molecule has 0 saturated carbocycles. The number of anilines is 1. The summed E-state index contributed by atoms with van der Waals surface area (Å²) >= 11 is 0. The summed E-state index contributed by atoms with van der Waals surface area (Å²) in [6.07, 6.45) is 1.19. The van der Waals surface area contributed by atoms with E-state index >= 15 is 0 Å². The zero-order chi connectivity index (χ0) is 13.8. The van der Waals surface area contributed by atoms with Crippen molar-refractivity contribution in [3.8, 4) is 0 Å². The summed E-state index contributed by atoms with van der Waals surface area (Å²) in [7, 11) is 0. The van der Waals surface area contributed by atoms with Crippen LogP contribution in [-0.2, 0) is 0 Å². The lowest BCUT2D eigenvalue weighted by molar-refractivity contribution is -0.384. The number of nitrogens with zero attached hydrogens (tertiary/aromatic N) is 3. The molecule has 0 spiro atoms. The monoisotopic (exact) mass is 263 g/mol. The van der Waals surface area contributed by atoms with Gasteiger partial charge in [-0.2, -0.15) is 0 Å². The molecule has 1 saturated heterocycles. The number of rotatable bonds is 4. The lowest BCUT2D eigenvalue weighted by atomic mass is 10.1. The van der Waals surface area contributed by atoms with E-state index in [0.29, 0.717) is 0 Å². The van der Waals surface area contributed by atoms with E-state index in [1.807, 2.05) is 13.0 Å². The van der Waals surface area contributed by atoms with Gasteiger partial charge in [0.2, 0.25) is 0 Å². The van der Waals surface area contributed by atoms with Gasteiger partial charge in [0.05, 0.1) is 4.92 Å². The van der Waals surface area contributed by atoms with E-state index in [9.17, 15) is 10.1 Å². The van der Waals surface area contributed by atoms with Gasteiger partial charge in [-0.3, -0.25) is 15.0 Å². The number of hydrogen-bond donors (Lipinski definition) is 0. The first-order valence-electron chi connectivity index (χ1n) is 6.84. The molecular formula is C14H21N3O2. The van der Waals surface area contributed by atoms with Crippen molar-refractivity contribution in [3.05, 3.63) is 33.9 Å². The average molecular weight is 263 g/mol. The number of aryl methyl sites for hydroxylation is 1. The highest BCUT2D eigenvalue weighted by Gasteiger charge is 2.18. The molecule has 104 valence electrons. The van der Waals surface area contributed by atoms with Crippen LogP contribution in [-0.4, -0.2) is 42.5 Å². The molecule has 2 rings (SSSR count). The normalized spacial score (nSPS) is 16.6. The lowest BCUT2D eigenvalue weighted by Gasteiger charge is -2.36. The van der Waals surface area contributed by atoms with Crippen molar-refractivity contribution in [1.82, 2.24) is 4.90 Å². The smallest absolute Gasteiger partial charge is 0.269 e. The summed E-state index contributed by atoms with van der Waals surface area (Å²) in [6, 6.07) is 5.14. The first kappa shape index (κ1) is 13.8. The van der Waals surface area contributed by atoms with E-state index in [1.165, 1.54) is 6.42 Å². The van der Waals surface area contributed by atoms with Crippen LogP contribution in [0.4, 0.5) is 11.4 Å². The Bertz CT molecular complexity index is 454. The van der Waals surface area contributed by atoms with Crippen molar-refractivity contribution in [3.63, 3.8) is 0 Å². The molecule has 0 unspecified atom stereocenters. The molecule has 5 heteroatoms. The Morgan fingerprint density at radius 3 is 2.47 bits per heavy atom. The molecule has 1 heterocycles. The maximum Gasteiger partial charge on any atom is 0.269 e. The molecule has 0 N–H and O–H groups in total. The van der Waals surface area contributed by atoms with Gasteiger partial charge in [-0.05, 0) is 31.5 Å². The lowest BCUT2D eigenvalue weighted by Crippen LogP contribution is -2.46. The second kappa shape index (κ2) is 6.02. The van der Waals surface area contributed by atoms with E-state index in [-0.39, 0.29) is 10.6 Å². The van der Waals surface area contributed by atoms with Crippen molar-refractivity contribution in [2.24, 2.45) is 0 Å². The minimum atomic E-state index is -0.337. The SMILES string of the molecule is CCCN1CCN(c2ccc([N+](=O)[O-])cc2C)CC1. The molecule has 0 radical (unpaired) electrons. The van der Waals surface area contributed by atoms with Crippen molar-refractivity contribution in [2.45, 2.75) is 20.3 Å². The third-order valence-electron chi connectivity index (χ3n) is 3.64. The van der Waals surface area contributed by atoms with E-state index in [2.05, 4.69) is 16.7 Å². The van der Waals surface area contributed by atoms with Crippen LogP contribution in [0, 0.1) is 17.0 Å². The highest BCUT2D eigenvalue weighted by Crippen LogP contribution is 2.25. The first-order valence-corrected chi connectivity index (χ1v) is 6.84. The molecule has 0 amide bonds. The quantitative estimate of drug-likeness (QED) is 0.618. The molecule has 1 aromatic rings. The van der Waals surface area contributed by atoms with Gasteiger partial charge in [0.25, 0.3) is 5.69 Å². The van der Waals surface area contributed by atoms with E-state index in [0.717, 1.165) is 44.0 Å².